The van der Waals surface area contributed by atoms with Crippen molar-refractivity contribution in [1.29, 1.82) is 0 Å². The Bertz CT molecular complexity index is 545. The van der Waals surface area contributed by atoms with Gasteiger partial charge in [0.1, 0.15) is 18.0 Å². The van der Waals surface area contributed by atoms with Crippen molar-refractivity contribution in [3.05, 3.63) is 47.8 Å². The average Bonchev–Trinajstić information content (AvgIpc) is 2.48. The number of hydrogen-bond acceptors (Lipinski definition) is 5. The second-order valence-electron chi connectivity index (χ2n) is 4.55. The van der Waals surface area contributed by atoms with Crippen LogP contribution in [0.3, 0.4) is 0 Å². The van der Waals surface area contributed by atoms with Crippen LogP contribution in [-0.4, -0.2) is 35.3 Å². The second-order valence-corrected chi connectivity index (χ2v) is 4.55. The summed E-state index contributed by atoms with van der Waals surface area (Å²) in [4.78, 5) is 10.6. The lowest BCUT2D eigenvalue weighted by Gasteiger charge is -2.25. The van der Waals surface area contributed by atoms with Crippen LogP contribution in [0.2, 0.25) is 0 Å². The standard InChI is InChI=1S/C15H20N4O/c1-12-14(16-2)17-11-18-15(12)19(8-9-20)10-13-6-4-3-5-7-13/h3-7,11,20H,8-10H2,1-2H3,(H,16,17,18). The molecule has 0 saturated heterocycles. The van der Waals surface area contributed by atoms with Crippen LogP contribution in [0.15, 0.2) is 36.7 Å². The lowest BCUT2D eigenvalue weighted by molar-refractivity contribution is 0.301. The Morgan fingerprint density at radius 1 is 1.20 bits per heavy atom. The third-order valence-electron chi connectivity index (χ3n) is 3.18. The lowest BCUT2D eigenvalue weighted by atomic mass is 10.2. The summed E-state index contributed by atoms with van der Waals surface area (Å²) in [7, 11) is 1.84. The third-order valence-corrected chi connectivity index (χ3v) is 3.18. The largest absolute Gasteiger partial charge is 0.395 e. The molecule has 2 rings (SSSR count). The molecule has 0 unspecified atom stereocenters. The van der Waals surface area contributed by atoms with Gasteiger partial charge in [-0.1, -0.05) is 30.3 Å². The summed E-state index contributed by atoms with van der Waals surface area (Å²) in [6.07, 6.45) is 1.55. The predicted octanol–water partition coefficient (Wildman–Crippen LogP) is 1.83. The minimum Gasteiger partial charge on any atom is -0.395 e. The molecule has 1 aromatic carbocycles. The molecule has 0 fully saturated rings. The van der Waals surface area contributed by atoms with E-state index in [1.54, 1.807) is 6.33 Å². The summed E-state index contributed by atoms with van der Waals surface area (Å²) in [6.45, 7) is 3.32. The Hall–Kier alpha value is -2.14. The Labute approximate surface area is 119 Å². The smallest absolute Gasteiger partial charge is 0.137 e. The molecule has 0 aliphatic heterocycles. The van der Waals surface area contributed by atoms with Crippen LogP contribution in [0, 0.1) is 6.92 Å². The van der Waals surface area contributed by atoms with Crippen LogP contribution >= 0.6 is 0 Å². The number of aliphatic hydroxyl groups is 1. The van der Waals surface area contributed by atoms with Gasteiger partial charge in [0.25, 0.3) is 0 Å². The SMILES string of the molecule is CNc1ncnc(N(CCO)Cc2ccccc2)c1C. The molecule has 2 aromatic rings. The lowest BCUT2D eigenvalue weighted by Crippen LogP contribution is -2.28. The maximum atomic E-state index is 9.29. The van der Waals surface area contributed by atoms with E-state index >= 15 is 0 Å². The van der Waals surface area contributed by atoms with Crippen molar-refractivity contribution in [2.75, 3.05) is 30.4 Å². The van der Waals surface area contributed by atoms with E-state index in [4.69, 9.17) is 0 Å². The molecule has 1 heterocycles. The first-order chi connectivity index (χ1) is 9.76. The maximum Gasteiger partial charge on any atom is 0.137 e. The highest BCUT2D eigenvalue weighted by Gasteiger charge is 2.13. The molecule has 0 radical (unpaired) electrons. The molecule has 0 spiro atoms. The van der Waals surface area contributed by atoms with Gasteiger partial charge < -0.3 is 15.3 Å². The highest BCUT2D eigenvalue weighted by atomic mass is 16.3. The summed E-state index contributed by atoms with van der Waals surface area (Å²) in [5.74, 6) is 1.66. The highest BCUT2D eigenvalue weighted by molar-refractivity contribution is 5.57. The zero-order chi connectivity index (χ0) is 14.4. The maximum absolute atomic E-state index is 9.29. The number of nitrogens with zero attached hydrogens (tertiary/aromatic N) is 3. The molecule has 1 aromatic heterocycles. The fourth-order valence-corrected chi connectivity index (χ4v) is 2.20. The summed E-state index contributed by atoms with van der Waals surface area (Å²) >= 11 is 0. The van der Waals surface area contributed by atoms with Crippen LogP contribution in [-0.2, 0) is 6.54 Å². The topological polar surface area (TPSA) is 61.3 Å². The van der Waals surface area contributed by atoms with Gasteiger partial charge in [0.15, 0.2) is 0 Å². The number of aliphatic hydroxyl groups excluding tert-OH is 1. The first-order valence-corrected chi connectivity index (χ1v) is 6.65. The fraction of sp³-hybridized carbons (Fsp3) is 0.333. The van der Waals surface area contributed by atoms with Gasteiger partial charge in [-0.05, 0) is 12.5 Å². The van der Waals surface area contributed by atoms with Crippen LogP contribution in [0.5, 0.6) is 0 Å². The highest BCUT2D eigenvalue weighted by Crippen LogP contribution is 2.23. The zero-order valence-corrected chi connectivity index (χ0v) is 11.9. The van der Waals surface area contributed by atoms with E-state index in [0.29, 0.717) is 13.1 Å². The van der Waals surface area contributed by atoms with Gasteiger partial charge in [0.2, 0.25) is 0 Å². The number of anilines is 2. The molecule has 0 aliphatic carbocycles. The van der Waals surface area contributed by atoms with E-state index in [-0.39, 0.29) is 6.61 Å². The van der Waals surface area contributed by atoms with Crippen molar-refractivity contribution in [3.8, 4) is 0 Å². The normalized spacial score (nSPS) is 10.3. The number of rotatable bonds is 6. The number of aromatic nitrogens is 2. The summed E-state index contributed by atoms with van der Waals surface area (Å²) in [5.41, 5.74) is 2.17. The third kappa shape index (κ3) is 3.24. The summed E-state index contributed by atoms with van der Waals surface area (Å²) in [5, 5.41) is 12.3. The van der Waals surface area contributed by atoms with Crippen molar-refractivity contribution < 1.29 is 5.11 Å². The van der Waals surface area contributed by atoms with E-state index in [0.717, 1.165) is 17.2 Å². The second kappa shape index (κ2) is 6.86. The van der Waals surface area contributed by atoms with Crippen LogP contribution in [0.4, 0.5) is 11.6 Å². The Balaban J connectivity index is 2.29. The minimum atomic E-state index is 0.0885. The zero-order valence-electron chi connectivity index (χ0n) is 11.9. The molecular weight excluding hydrogens is 252 g/mol. The molecule has 20 heavy (non-hydrogen) atoms. The number of hydrogen-bond donors (Lipinski definition) is 2. The van der Waals surface area contributed by atoms with Crippen LogP contribution in [0.1, 0.15) is 11.1 Å². The molecule has 0 atom stereocenters. The van der Waals surface area contributed by atoms with Gasteiger partial charge in [0.05, 0.1) is 6.61 Å². The predicted molar refractivity (Wildman–Crippen MR) is 80.9 cm³/mol. The molecule has 0 amide bonds. The number of nitrogens with one attached hydrogen (secondary N) is 1. The van der Waals surface area contributed by atoms with Crippen molar-refractivity contribution in [3.63, 3.8) is 0 Å². The van der Waals surface area contributed by atoms with E-state index in [1.165, 1.54) is 5.56 Å². The molecule has 0 bridgehead atoms. The molecule has 5 heteroatoms. The van der Waals surface area contributed by atoms with Crippen LogP contribution in [0.25, 0.3) is 0 Å². The van der Waals surface area contributed by atoms with E-state index in [2.05, 4.69) is 32.3 Å². The van der Waals surface area contributed by atoms with Crippen LogP contribution < -0.4 is 10.2 Å². The van der Waals surface area contributed by atoms with Crippen molar-refractivity contribution in [1.82, 2.24) is 9.97 Å². The van der Waals surface area contributed by atoms with E-state index < -0.39 is 0 Å². The molecular formula is C15H20N4O. The van der Waals surface area contributed by atoms with Gasteiger partial charge in [-0.15, -0.1) is 0 Å². The monoisotopic (exact) mass is 272 g/mol. The Morgan fingerprint density at radius 3 is 2.60 bits per heavy atom. The quantitative estimate of drug-likeness (QED) is 0.840. The van der Waals surface area contributed by atoms with Gasteiger partial charge in [-0.2, -0.15) is 0 Å². The molecule has 5 nitrogen and oxygen atoms in total. The van der Waals surface area contributed by atoms with E-state index in [1.807, 2.05) is 32.2 Å². The average molecular weight is 272 g/mol. The van der Waals surface area contributed by atoms with E-state index in [9.17, 15) is 5.11 Å². The van der Waals surface area contributed by atoms with Crippen molar-refractivity contribution >= 4 is 11.6 Å². The minimum absolute atomic E-state index is 0.0885. The Kier molecular flexibility index (Phi) is 4.90. The molecule has 2 N–H and O–H groups in total. The Morgan fingerprint density at radius 2 is 1.95 bits per heavy atom. The van der Waals surface area contributed by atoms with Gasteiger partial charge in [-0.25, -0.2) is 9.97 Å². The first-order valence-electron chi connectivity index (χ1n) is 6.65. The van der Waals surface area contributed by atoms with Gasteiger partial charge in [0, 0.05) is 25.7 Å². The summed E-state index contributed by atoms with van der Waals surface area (Å²) in [6, 6.07) is 10.2. The van der Waals surface area contributed by atoms with Crippen molar-refractivity contribution in [2.24, 2.45) is 0 Å². The van der Waals surface area contributed by atoms with Gasteiger partial charge in [-0.3, -0.25) is 0 Å². The fourth-order valence-electron chi connectivity index (χ4n) is 2.20. The molecule has 0 aliphatic rings. The molecule has 106 valence electrons. The summed E-state index contributed by atoms with van der Waals surface area (Å²) < 4.78 is 0. The van der Waals surface area contributed by atoms with Crippen molar-refractivity contribution in [2.45, 2.75) is 13.5 Å². The van der Waals surface area contributed by atoms with Gasteiger partial charge >= 0.3 is 0 Å². The molecule has 0 saturated carbocycles. The number of benzene rings is 1. The first kappa shape index (κ1) is 14.3.